The topological polar surface area (TPSA) is 43.7 Å². The maximum atomic E-state index is 12.8. The molecule has 0 spiro atoms. The van der Waals surface area contributed by atoms with Gasteiger partial charge >= 0.3 is 0 Å². The number of hydrogen-bond donors (Lipinski definition) is 0. The summed E-state index contributed by atoms with van der Waals surface area (Å²) in [5.41, 5.74) is 4.51. The summed E-state index contributed by atoms with van der Waals surface area (Å²) in [5.74, 6) is 3.96. The highest BCUT2D eigenvalue weighted by Gasteiger charge is 2.23. The second-order valence-corrected chi connectivity index (χ2v) is 7.93. The van der Waals surface area contributed by atoms with Crippen molar-refractivity contribution in [2.75, 3.05) is 19.9 Å². The molecule has 0 fully saturated rings. The summed E-state index contributed by atoms with van der Waals surface area (Å²) in [6, 6.07) is 14.4. The van der Waals surface area contributed by atoms with E-state index in [0.717, 1.165) is 48.3 Å². The van der Waals surface area contributed by atoms with Crippen molar-refractivity contribution in [1.82, 2.24) is 9.47 Å². The molecule has 0 N–H and O–H groups in total. The number of carbonyl (C=O) groups is 1. The summed E-state index contributed by atoms with van der Waals surface area (Å²) in [6.07, 6.45) is 11.3. The highest BCUT2D eigenvalue weighted by Crippen LogP contribution is 2.40. The van der Waals surface area contributed by atoms with E-state index < -0.39 is 0 Å². The van der Waals surface area contributed by atoms with Crippen molar-refractivity contribution < 1.29 is 14.3 Å². The van der Waals surface area contributed by atoms with Crippen LogP contribution in [0, 0.1) is 12.3 Å². The Labute approximate surface area is 181 Å². The van der Waals surface area contributed by atoms with Crippen LogP contribution >= 0.6 is 0 Å². The van der Waals surface area contributed by atoms with Crippen molar-refractivity contribution >= 4 is 22.4 Å². The van der Waals surface area contributed by atoms with Crippen molar-refractivity contribution in [3.8, 4) is 23.8 Å². The molecule has 5 nitrogen and oxygen atoms in total. The lowest BCUT2D eigenvalue weighted by atomic mass is 9.98. The Kier molecular flexibility index (Phi) is 5.23. The van der Waals surface area contributed by atoms with Gasteiger partial charge in [0.1, 0.15) is 0 Å². The highest BCUT2D eigenvalue weighted by molar-refractivity contribution is 6.01. The third-order valence-electron chi connectivity index (χ3n) is 5.94. The molecule has 0 atom stereocenters. The molecule has 3 heterocycles. The number of aromatic nitrogens is 1. The normalized spacial score (nSPS) is 15.6. The molecule has 31 heavy (non-hydrogen) atoms. The molecular weight excluding hydrogens is 388 g/mol. The molecule has 156 valence electrons. The zero-order valence-electron chi connectivity index (χ0n) is 17.3. The fourth-order valence-corrected chi connectivity index (χ4v) is 4.32. The molecule has 0 unspecified atom stereocenters. The van der Waals surface area contributed by atoms with E-state index in [9.17, 15) is 4.79 Å². The number of ether oxygens (including phenoxy) is 2. The van der Waals surface area contributed by atoms with Gasteiger partial charge in [-0.1, -0.05) is 36.4 Å². The summed E-state index contributed by atoms with van der Waals surface area (Å²) in [5, 5.41) is 1.01. The number of hydrogen-bond acceptors (Lipinski definition) is 4. The maximum absolute atomic E-state index is 12.8. The fourth-order valence-electron chi connectivity index (χ4n) is 4.32. The van der Waals surface area contributed by atoms with E-state index >= 15 is 0 Å². The van der Waals surface area contributed by atoms with Gasteiger partial charge in [-0.05, 0) is 23.6 Å². The zero-order chi connectivity index (χ0) is 21.2. The van der Waals surface area contributed by atoms with Gasteiger partial charge in [0, 0.05) is 55.7 Å². The number of benzene rings is 2. The van der Waals surface area contributed by atoms with Crippen molar-refractivity contribution in [3.05, 3.63) is 65.9 Å². The average Bonchev–Trinajstić information content (AvgIpc) is 3.41. The van der Waals surface area contributed by atoms with E-state index in [1.165, 1.54) is 11.1 Å². The smallest absolute Gasteiger partial charge is 0.232 e. The fraction of sp³-hybridized carbons (Fsp3) is 0.269. The van der Waals surface area contributed by atoms with Crippen LogP contribution in [-0.4, -0.2) is 35.3 Å². The molecule has 0 radical (unpaired) electrons. The lowest BCUT2D eigenvalue weighted by Gasteiger charge is -2.26. The molecule has 3 aromatic rings. The highest BCUT2D eigenvalue weighted by atomic mass is 16.7. The number of terminal acetylenes is 1. The maximum Gasteiger partial charge on any atom is 0.232 e. The van der Waals surface area contributed by atoms with Crippen LogP contribution in [0.5, 0.6) is 11.5 Å². The van der Waals surface area contributed by atoms with Gasteiger partial charge in [0.2, 0.25) is 12.7 Å². The first kappa shape index (κ1) is 19.5. The number of nitrogens with zero attached hydrogens (tertiary/aromatic N) is 2. The number of fused-ring (bicyclic) bond motifs is 2. The second-order valence-electron chi connectivity index (χ2n) is 7.93. The van der Waals surface area contributed by atoms with Crippen LogP contribution in [0.25, 0.3) is 16.5 Å². The van der Waals surface area contributed by atoms with Gasteiger partial charge in [-0.15, -0.1) is 12.3 Å². The standard InChI is InChI=1S/C26H24N2O3/c1-2-3-9-26(29)28-17-22(21-14-24-25(15-23(21)28)31-18-30-24)20-10-12-27(13-11-20)16-19-7-5-4-6-8-19/h1,4-8,10,14-15,17H,3,9,11-13,16,18H2. The SMILES string of the molecule is C#CCCC(=O)n1cc(C2=CCN(Cc3ccccc3)CC2)c2cc3c(cc21)OCO3. The third kappa shape index (κ3) is 3.83. The van der Waals surface area contributed by atoms with Gasteiger partial charge in [-0.25, -0.2) is 0 Å². The summed E-state index contributed by atoms with van der Waals surface area (Å²) in [7, 11) is 0. The second kappa shape index (κ2) is 8.33. The van der Waals surface area contributed by atoms with E-state index in [-0.39, 0.29) is 12.7 Å². The van der Waals surface area contributed by atoms with Crippen LogP contribution in [0.2, 0.25) is 0 Å². The molecule has 2 aromatic carbocycles. The minimum absolute atomic E-state index is 0.00446. The molecule has 2 aliphatic rings. The lowest BCUT2D eigenvalue weighted by Crippen LogP contribution is -2.27. The van der Waals surface area contributed by atoms with E-state index in [0.29, 0.717) is 18.6 Å². The van der Waals surface area contributed by atoms with Crippen LogP contribution in [0.4, 0.5) is 0 Å². The lowest BCUT2D eigenvalue weighted by molar-refractivity contribution is 0.0910. The van der Waals surface area contributed by atoms with Crippen LogP contribution in [0.15, 0.2) is 54.7 Å². The predicted octanol–water partition coefficient (Wildman–Crippen LogP) is 4.71. The molecule has 2 aliphatic heterocycles. The van der Waals surface area contributed by atoms with Gasteiger partial charge in [0.05, 0.1) is 5.52 Å². The Morgan fingerprint density at radius 1 is 1.13 bits per heavy atom. The first-order valence-electron chi connectivity index (χ1n) is 10.6. The minimum Gasteiger partial charge on any atom is -0.454 e. The largest absolute Gasteiger partial charge is 0.454 e. The van der Waals surface area contributed by atoms with Crippen LogP contribution in [0.3, 0.4) is 0 Å². The summed E-state index contributed by atoms with van der Waals surface area (Å²) in [6.45, 7) is 3.00. The zero-order valence-corrected chi connectivity index (χ0v) is 17.3. The quantitative estimate of drug-likeness (QED) is 0.569. The van der Waals surface area contributed by atoms with Crippen molar-refractivity contribution in [2.45, 2.75) is 25.8 Å². The number of rotatable bonds is 5. The minimum atomic E-state index is -0.00446. The summed E-state index contributed by atoms with van der Waals surface area (Å²) < 4.78 is 12.9. The first-order valence-corrected chi connectivity index (χ1v) is 10.6. The van der Waals surface area contributed by atoms with Crippen molar-refractivity contribution in [1.29, 1.82) is 0 Å². The Morgan fingerprint density at radius 2 is 1.94 bits per heavy atom. The predicted molar refractivity (Wildman–Crippen MR) is 121 cm³/mol. The number of carbonyl (C=O) groups excluding carboxylic acids is 1. The van der Waals surface area contributed by atoms with E-state index in [1.807, 2.05) is 24.4 Å². The Bertz CT molecular complexity index is 1200. The molecule has 1 aromatic heterocycles. The molecule has 5 heteroatoms. The molecule has 5 rings (SSSR count). The van der Waals surface area contributed by atoms with Gasteiger partial charge in [0.15, 0.2) is 11.5 Å². The summed E-state index contributed by atoms with van der Waals surface area (Å²) in [4.78, 5) is 15.3. The molecule has 0 amide bonds. The molecule has 0 aliphatic carbocycles. The van der Waals surface area contributed by atoms with Crippen LogP contribution in [-0.2, 0) is 6.54 Å². The van der Waals surface area contributed by atoms with E-state index in [2.05, 4.69) is 41.2 Å². The molecule has 0 bridgehead atoms. The van der Waals surface area contributed by atoms with Gasteiger partial charge in [0.25, 0.3) is 0 Å². The van der Waals surface area contributed by atoms with Gasteiger partial charge in [-0.2, -0.15) is 0 Å². The molecule has 0 saturated carbocycles. The van der Waals surface area contributed by atoms with Crippen molar-refractivity contribution in [2.24, 2.45) is 0 Å². The van der Waals surface area contributed by atoms with Crippen molar-refractivity contribution in [3.63, 3.8) is 0 Å². The first-order chi connectivity index (χ1) is 15.2. The third-order valence-corrected chi connectivity index (χ3v) is 5.94. The van der Waals surface area contributed by atoms with Gasteiger partial charge < -0.3 is 9.47 Å². The monoisotopic (exact) mass is 412 g/mol. The van der Waals surface area contributed by atoms with E-state index in [1.54, 1.807) is 4.57 Å². The van der Waals surface area contributed by atoms with Gasteiger partial charge in [-0.3, -0.25) is 14.3 Å². The molecule has 0 saturated heterocycles. The summed E-state index contributed by atoms with van der Waals surface area (Å²) >= 11 is 0. The average molecular weight is 412 g/mol. The Hall–Kier alpha value is -3.49. The van der Waals surface area contributed by atoms with E-state index in [4.69, 9.17) is 15.9 Å². The Morgan fingerprint density at radius 3 is 2.68 bits per heavy atom. The Balaban J connectivity index is 1.47. The van der Waals surface area contributed by atoms with Crippen LogP contribution in [0.1, 0.15) is 35.2 Å². The molecular formula is C26H24N2O3. The van der Waals surface area contributed by atoms with Crippen LogP contribution < -0.4 is 9.47 Å².